The summed E-state index contributed by atoms with van der Waals surface area (Å²) in [6.45, 7) is 4.72. The first-order valence-electron chi connectivity index (χ1n) is 20.5. The SMILES string of the molecule is CC1(C)c2ccccc2-c2c(N(c3ccc4cc(-c5ccccc5)[n+]5c(c4c3)=C(c3ccccc3)C(c3ccccc3)N=5)c3ccccc3-c3ccccc3)cccc21. The Morgan fingerprint density at radius 3 is 1.80 bits per heavy atom. The summed E-state index contributed by atoms with van der Waals surface area (Å²) >= 11 is 0. The molecular formula is C56H42N3+. The fraction of sp³-hybridized carbons (Fsp3) is 0.0714. The molecule has 59 heavy (non-hydrogen) atoms. The summed E-state index contributed by atoms with van der Waals surface area (Å²) in [4.78, 5) is 2.50. The lowest BCUT2D eigenvalue weighted by atomic mass is 9.82. The van der Waals surface area contributed by atoms with Gasteiger partial charge in [0, 0.05) is 33.9 Å². The number of para-hydroxylation sites is 1. The van der Waals surface area contributed by atoms with Crippen molar-refractivity contribution in [1.82, 2.24) is 0 Å². The first-order valence-corrected chi connectivity index (χ1v) is 20.5. The second-order valence-electron chi connectivity index (χ2n) is 16.1. The molecule has 8 aromatic carbocycles. The van der Waals surface area contributed by atoms with Gasteiger partial charge in [-0.25, -0.2) is 0 Å². The quantitative estimate of drug-likeness (QED) is 0.148. The molecule has 9 aromatic rings. The summed E-state index contributed by atoms with van der Waals surface area (Å²) in [7, 11) is 0. The maximum absolute atomic E-state index is 5.61. The molecule has 1 aliphatic carbocycles. The van der Waals surface area contributed by atoms with Gasteiger partial charge in [0.2, 0.25) is 5.69 Å². The number of fused-ring (bicyclic) bond motifs is 6. The monoisotopic (exact) mass is 756 g/mol. The van der Waals surface area contributed by atoms with Crippen LogP contribution in [0.5, 0.6) is 0 Å². The maximum atomic E-state index is 5.61. The van der Waals surface area contributed by atoms with Gasteiger partial charge in [0.1, 0.15) is 0 Å². The normalized spacial score (nSPS) is 14.7. The zero-order chi connectivity index (χ0) is 39.5. The fourth-order valence-corrected chi connectivity index (χ4v) is 9.59. The predicted octanol–water partition coefficient (Wildman–Crippen LogP) is 13.2. The van der Waals surface area contributed by atoms with Gasteiger partial charge in [0.15, 0.2) is 6.04 Å². The number of benzene rings is 8. The maximum Gasteiger partial charge on any atom is 0.252 e. The van der Waals surface area contributed by atoms with Gasteiger partial charge in [-0.2, -0.15) is 0 Å². The molecule has 2 aliphatic rings. The van der Waals surface area contributed by atoms with Crippen LogP contribution in [-0.2, 0) is 5.41 Å². The molecule has 0 N–H and O–H groups in total. The predicted molar refractivity (Wildman–Crippen MR) is 243 cm³/mol. The van der Waals surface area contributed by atoms with Crippen molar-refractivity contribution in [3.05, 3.63) is 240 Å². The Bertz CT molecular complexity index is 3170. The van der Waals surface area contributed by atoms with E-state index in [9.17, 15) is 0 Å². The van der Waals surface area contributed by atoms with E-state index in [1.807, 2.05) is 0 Å². The van der Waals surface area contributed by atoms with E-state index >= 15 is 0 Å². The average molecular weight is 757 g/mol. The van der Waals surface area contributed by atoms with E-state index in [0.717, 1.165) is 50.0 Å². The molecule has 0 bridgehead atoms. The zero-order valence-electron chi connectivity index (χ0n) is 33.1. The molecule has 1 unspecified atom stereocenters. The topological polar surface area (TPSA) is 21.5 Å². The number of hydrogen-bond acceptors (Lipinski definition) is 2. The second kappa shape index (κ2) is 13.9. The Kier molecular flexibility index (Phi) is 8.23. The third-order valence-corrected chi connectivity index (χ3v) is 12.4. The summed E-state index contributed by atoms with van der Waals surface area (Å²) in [5.41, 5.74) is 16.6. The number of hydrogen-bond donors (Lipinski definition) is 0. The highest BCUT2D eigenvalue weighted by atomic mass is 15.2. The van der Waals surface area contributed by atoms with Crippen LogP contribution in [0.2, 0.25) is 0 Å². The largest absolute Gasteiger partial charge is 0.309 e. The molecule has 280 valence electrons. The highest BCUT2D eigenvalue weighted by molar-refractivity contribution is 6.00. The highest BCUT2D eigenvalue weighted by Crippen LogP contribution is 2.55. The highest BCUT2D eigenvalue weighted by Gasteiger charge is 2.38. The van der Waals surface area contributed by atoms with Crippen LogP contribution >= 0.6 is 0 Å². The molecular weight excluding hydrogens is 715 g/mol. The smallest absolute Gasteiger partial charge is 0.252 e. The number of aromatic nitrogens is 1. The minimum Gasteiger partial charge on any atom is -0.309 e. The molecule has 1 aliphatic heterocycles. The van der Waals surface area contributed by atoms with E-state index in [1.165, 1.54) is 44.5 Å². The van der Waals surface area contributed by atoms with Crippen molar-refractivity contribution in [2.24, 2.45) is 5.11 Å². The Morgan fingerprint density at radius 2 is 1.07 bits per heavy atom. The van der Waals surface area contributed by atoms with Crippen LogP contribution in [0.25, 0.3) is 49.9 Å². The van der Waals surface area contributed by atoms with Crippen molar-refractivity contribution < 1.29 is 4.36 Å². The van der Waals surface area contributed by atoms with Crippen molar-refractivity contribution in [2.45, 2.75) is 25.3 Å². The second-order valence-corrected chi connectivity index (χ2v) is 16.1. The molecule has 0 saturated heterocycles. The van der Waals surface area contributed by atoms with E-state index in [1.54, 1.807) is 0 Å². The Hall–Kier alpha value is -7.36. The first kappa shape index (κ1) is 34.9. The van der Waals surface area contributed by atoms with E-state index < -0.39 is 0 Å². The standard InChI is InChI=1S/C56H42N3/c1-56(2)47-30-17-15-29-45(47)53-48(56)31-19-33-50(53)58(49-32-18-16-28-44(49)38-20-7-3-8-21-38)43-35-34-42-36-51(39-22-9-4-10-23-39)59-55(46(42)37-43)52(40-24-11-5-12-25-40)54(57-59)41-26-13-6-14-27-41/h3-37,54H,1-2H3/q+1. The van der Waals surface area contributed by atoms with Gasteiger partial charge in [-0.15, -0.1) is 0 Å². The molecule has 3 heteroatoms. The molecule has 1 aromatic heterocycles. The molecule has 0 spiro atoms. The Morgan fingerprint density at radius 1 is 0.492 bits per heavy atom. The first-order chi connectivity index (χ1) is 29.1. The molecule has 1 atom stereocenters. The summed E-state index contributed by atoms with van der Waals surface area (Å²) in [6.07, 6.45) is 0. The summed E-state index contributed by atoms with van der Waals surface area (Å²) in [6, 6.07) is 76.9. The third-order valence-electron chi connectivity index (χ3n) is 12.4. The van der Waals surface area contributed by atoms with Crippen molar-refractivity contribution >= 4 is 33.4 Å². The number of rotatable bonds is 7. The van der Waals surface area contributed by atoms with Crippen molar-refractivity contribution in [1.29, 1.82) is 0 Å². The lowest BCUT2D eigenvalue weighted by molar-refractivity contribution is -0.546. The van der Waals surface area contributed by atoms with Gasteiger partial charge in [-0.05, 0) is 84.6 Å². The van der Waals surface area contributed by atoms with E-state index in [-0.39, 0.29) is 11.5 Å². The minimum atomic E-state index is -0.193. The Balaban J connectivity index is 1.26. The number of anilines is 3. The lowest BCUT2D eigenvalue weighted by Gasteiger charge is -2.30. The Labute approximate surface area is 345 Å². The van der Waals surface area contributed by atoms with E-state index in [4.69, 9.17) is 5.11 Å². The molecule has 0 radical (unpaired) electrons. The van der Waals surface area contributed by atoms with Crippen molar-refractivity contribution in [2.75, 3.05) is 4.90 Å². The summed E-state index contributed by atoms with van der Waals surface area (Å²) in [5.74, 6) is 0. The number of nitrogens with zero attached hydrogens (tertiary/aromatic N) is 3. The summed E-state index contributed by atoms with van der Waals surface area (Å²) in [5, 5.41) is 9.04. The molecule has 0 amide bonds. The van der Waals surface area contributed by atoms with Crippen LogP contribution in [0, 0.1) is 0 Å². The fourth-order valence-electron chi connectivity index (χ4n) is 9.59. The van der Waals surface area contributed by atoms with Crippen molar-refractivity contribution in [3.8, 4) is 33.5 Å². The van der Waals surface area contributed by atoms with Crippen LogP contribution in [0.4, 0.5) is 17.1 Å². The molecule has 2 heterocycles. The van der Waals surface area contributed by atoms with Gasteiger partial charge in [-0.3, -0.25) is 0 Å². The average Bonchev–Trinajstić information content (AvgIpc) is 3.82. The number of pyridine rings is 1. The molecule has 0 fully saturated rings. The van der Waals surface area contributed by atoms with Crippen LogP contribution in [0.1, 0.15) is 42.1 Å². The van der Waals surface area contributed by atoms with Gasteiger partial charge >= 0.3 is 0 Å². The van der Waals surface area contributed by atoms with E-state index in [2.05, 4.69) is 235 Å². The van der Waals surface area contributed by atoms with E-state index in [0.29, 0.717) is 0 Å². The zero-order valence-corrected chi connectivity index (χ0v) is 33.1. The van der Waals surface area contributed by atoms with Crippen LogP contribution in [0.3, 0.4) is 0 Å². The minimum absolute atomic E-state index is 0.144. The van der Waals surface area contributed by atoms with Gasteiger partial charge in [0.05, 0.1) is 22.3 Å². The van der Waals surface area contributed by atoms with Gasteiger partial charge < -0.3 is 4.90 Å². The van der Waals surface area contributed by atoms with Crippen molar-refractivity contribution in [3.63, 3.8) is 0 Å². The third kappa shape index (κ3) is 5.65. The molecule has 0 saturated carbocycles. The van der Waals surface area contributed by atoms with Gasteiger partial charge in [-0.1, -0.05) is 184 Å². The lowest BCUT2D eigenvalue weighted by Crippen LogP contribution is -2.38. The van der Waals surface area contributed by atoms with Crippen LogP contribution < -0.4 is 14.6 Å². The van der Waals surface area contributed by atoms with Crippen LogP contribution in [0.15, 0.2) is 217 Å². The molecule has 3 nitrogen and oxygen atoms in total. The van der Waals surface area contributed by atoms with Gasteiger partial charge in [0.25, 0.3) is 5.35 Å². The van der Waals surface area contributed by atoms with Crippen LogP contribution in [-0.4, -0.2) is 0 Å². The summed E-state index contributed by atoms with van der Waals surface area (Å²) < 4.78 is 2.22. The molecule has 11 rings (SSSR count).